The summed E-state index contributed by atoms with van der Waals surface area (Å²) in [7, 11) is 0. The van der Waals surface area contributed by atoms with Crippen molar-refractivity contribution in [3.8, 4) is 11.5 Å². The predicted octanol–water partition coefficient (Wildman–Crippen LogP) is 8.97. The molecule has 0 fully saturated rings. The normalized spacial score (nSPS) is 18.0. The maximum absolute atomic E-state index is 6.69. The first-order valence-electron chi connectivity index (χ1n) is 16.2. The molecule has 3 nitrogen and oxygen atoms in total. The van der Waals surface area contributed by atoms with Crippen molar-refractivity contribution in [1.82, 2.24) is 0 Å². The molecule has 47 heavy (non-hydrogen) atoms. The fourth-order valence-corrected chi connectivity index (χ4v) is 9.15. The third kappa shape index (κ3) is 4.09. The molecule has 2 atom stereocenters. The Morgan fingerprint density at radius 3 is 2.19 bits per heavy atom. The van der Waals surface area contributed by atoms with Gasteiger partial charge in [0.15, 0.2) is 0 Å². The van der Waals surface area contributed by atoms with E-state index in [1.165, 1.54) is 54.5 Å². The molecule has 0 bridgehead atoms. The van der Waals surface area contributed by atoms with Crippen LogP contribution in [0.5, 0.6) is 11.5 Å². The predicted molar refractivity (Wildman–Crippen MR) is 196 cm³/mol. The van der Waals surface area contributed by atoms with Gasteiger partial charge in [0.25, 0.3) is 6.71 Å². The van der Waals surface area contributed by atoms with Crippen molar-refractivity contribution in [3.05, 3.63) is 169 Å². The van der Waals surface area contributed by atoms with Crippen molar-refractivity contribution >= 4 is 63.3 Å². The summed E-state index contributed by atoms with van der Waals surface area (Å²) in [4.78, 5) is 7.52. The molecule has 6 aromatic carbocycles. The highest BCUT2D eigenvalue weighted by atomic mass is 32.2. The molecule has 0 saturated carbocycles. The number of nitrogens with zero attached hydrogens (tertiary/aromatic N) is 2. The van der Waals surface area contributed by atoms with E-state index in [-0.39, 0.29) is 18.7 Å². The second kappa shape index (κ2) is 10.6. The van der Waals surface area contributed by atoms with Crippen LogP contribution in [0.15, 0.2) is 174 Å². The zero-order chi connectivity index (χ0) is 30.9. The molecule has 0 radical (unpaired) electrons. The van der Waals surface area contributed by atoms with Crippen LogP contribution in [0, 0.1) is 0 Å². The number of hydrogen-bond donors (Lipinski definition) is 0. The number of rotatable bonds is 3. The lowest BCUT2D eigenvalue weighted by Gasteiger charge is -2.35. The minimum absolute atomic E-state index is 0.108. The molecule has 3 heterocycles. The lowest BCUT2D eigenvalue weighted by molar-refractivity contribution is 0.487. The first-order chi connectivity index (χ1) is 23.3. The number of para-hydroxylation sites is 3. The van der Waals surface area contributed by atoms with E-state index in [1.807, 2.05) is 11.8 Å². The largest absolute Gasteiger partial charge is 0.458 e. The van der Waals surface area contributed by atoms with E-state index in [0.29, 0.717) is 0 Å². The molecule has 0 amide bonds. The first-order valence-corrected chi connectivity index (χ1v) is 17.0. The van der Waals surface area contributed by atoms with Gasteiger partial charge in [-0.05, 0) is 59.5 Å². The molecule has 2 unspecified atom stereocenters. The average Bonchev–Trinajstić information content (AvgIpc) is 3.48. The highest BCUT2D eigenvalue weighted by Gasteiger charge is 2.42. The fraction of sp³-hybridized carbons (Fsp3) is 0.0476. The van der Waals surface area contributed by atoms with Crippen LogP contribution in [0.3, 0.4) is 0 Å². The molecular weight excluding hydrogens is 591 g/mol. The molecule has 10 rings (SSSR count). The van der Waals surface area contributed by atoms with Gasteiger partial charge in [-0.3, -0.25) is 0 Å². The highest BCUT2D eigenvalue weighted by molar-refractivity contribution is 7.99. The summed E-state index contributed by atoms with van der Waals surface area (Å²) in [5, 5.41) is 0. The summed E-state index contributed by atoms with van der Waals surface area (Å²) in [6, 6.07) is 50.5. The van der Waals surface area contributed by atoms with Gasteiger partial charge >= 0.3 is 0 Å². The number of ether oxygens (including phenoxy) is 1. The van der Waals surface area contributed by atoms with Crippen LogP contribution in [0.4, 0.5) is 28.4 Å². The Balaban J connectivity index is 1.15. The van der Waals surface area contributed by atoms with Crippen LogP contribution in [0.2, 0.25) is 0 Å². The van der Waals surface area contributed by atoms with Gasteiger partial charge in [-0.15, -0.1) is 0 Å². The Hall–Kier alpha value is -5.39. The van der Waals surface area contributed by atoms with Gasteiger partial charge in [0.05, 0.1) is 17.4 Å². The van der Waals surface area contributed by atoms with Crippen LogP contribution in [0.1, 0.15) is 11.5 Å². The number of hydrogen-bond acceptors (Lipinski definition) is 4. The summed E-state index contributed by atoms with van der Waals surface area (Å²) in [6.07, 6.45) is 9.13. The van der Waals surface area contributed by atoms with Crippen molar-refractivity contribution in [2.75, 3.05) is 9.80 Å². The first kappa shape index (κ1) is 26.8. The van der Waals surface area contributed by atoms with Crippen LogP contribution in [0.25, 0.3) is 0 Å². The molecule has 222 valence electrons. The van der Waals surface area contributed by atoms with Crippen molar-refractivity contribution < 1.29 is 4.74 Å². The van der Waals surface area contributed by atoms with E-state index in [1.54, 1.807) is 0 Å². The minimum Gasteiger partial charge on any atom is -0.458 e. The molecule has 0 spiro atoms. The lowest BCUT2D eigenvalue weighted by atomic mass is 9.36. The number of benzene rings is 6. The van der Waals surface area contributed by atoms with Crippen LogP contribution >= 0.6 is 11.8 Å². The van der Waals surface area contributed by atoms with Gasteiger partial charge < -0.3 is 14.5 Å². The van der Waals surface area contributed by atoms with Gasteiger partial charge in [-0.1, -0.05) is 126 Å². The van der Waals surface area contributed by atoms with Crippen molar-refractivity contribution in [2.45, 2.75) is 21.8 Å². The monoisotopic (exact) mass is 620 g/mol. The van der Waals surface area contributed by atoms with E-state index in [0.717, 1.165) is 17.2 Å². The van der Waals surface area contributed by atoms with E-state index in [9.17, 15) is 0 Å². The van der Waals surface area contributed by atoms with Crippen molar-refractivity contribution in [3.63, 3.8) is 0 Å². The Morgan fingerprint density at radius 2 is 1.30 bits per heavy atom. The maximum atomic E-state index is 6.69. The van der Waals surface area contributed by atoms with E-state index in [4.69, 9.17) is 4.74 Å². The Morgan fingerprint density at radius 1 is 0.574 bits per heavy atom. The van der Waals surface area contributed by atoms with Gasteiger partial charge in [0, 0.05) is 44.4 Å². The molecule has 4 aliphatic rings. The third-order valence-electron chi connectivity index (χ3n) is 9.89. The Kier molecular flexibility index (Phi) is 6.03. The minimum atomic E-state index is 0.108. The molecule has 1 aliphatic carbocycles. The molecular formula is C42H29BN2OS. The quantitative estimate of drug-likeness (QED) is 0.183. The third-order valence-corrected chi connectivity index (χ3v) is 11.1. The highest BCUT2D eigenvalue weighted by Crippen LogP contribution is 2.59. The molecule has 3 aliphatic heterocycles. The van der Waals surface area contributed by atoms with Gasteiger partial charge in [0.1, 0.15) is 11.5 Å². The maximum Gasteiger partial charge on any atom is 0.250 e. The lowest BCUT2D eigenvalue weighted by Crippen LogP contribution is -2.54. The second-order valence-electron chi connectivity index (χ2n) is 12.4. The summed E-state index contributed by atoms with van der Waals surface area (Å²) in [5.41, 5.74) is 11.0. The zero-order valence-corrected chi connectivity index (χ0v) is 26.3. The average molecular weight is 621 g/mol. The molecule has 0 N–H and O–H groups in total. The van der Waals surface area contributed by atoms with Crippen LogP contribution < -0.4 is 30.9 Å². The van der Waals surface area contributed by atoms with Gasteiger partial charge in [-0.25, -0.2) is 0 Å². The SMILES string of the molecule is C1=CC2c3c(ccc4c3Sc3ccccc3N4c3ccc4c(c3)Oc3ccccc3B4c3ccccc3)N(c3ccccc3)C2C=C1. The number of allylic oxidation sites excluding steroid dienone is 2. The van der Waals surface area contributed by atoms with E-state index in [2.05, 4.69) is 174 Å². The van der Waals surface area contributed by atoms with Crippen LogP contribution in [-0.4, -0.2) is 12.8 Å². The fourth-order valence-electron chi connectivity index (χ4n) is 7.90. The van der Waals surface area contributed by atoms with Gasteiger partial charge in [0.2, 0.25) is 0 Å². The zero-order valence-electron chi connectivity index (χ0n) is 25.5. The van der Waals surface area contributed by atoms with Gasteiger partial charge in [-0.2, -0.15) is 0 Å². The van der Waals surface area contributed by atoms with E-state index < -0.39 is 0 Å². The number of fused-ring (bicyclic) bond motifs is 8. The van der Waals surface area contributed by atoms with Crippen molar-refractivity contribution in [2.24, 2.45) is 0 Å². The van der Waals surface area contributed by atoms with Crippen molar-refractivity contribution in [1.29, 1.82) is 0 Å². The summed E-state index contributed by atoms with van der Waals surface area (Å²) in [6.45, 7) is 0.108. The van der Waals surface area contributed by atoms with Crippen LogP contribution in [-0.2, 0) is 0 Å². The standard InChI is InChI=1S/C42H29BN2OS/c1-3-13-28(14-4-1)43-32-18-8-11-21-38(32)46-39-27-30(23-24-33(39)43)45-35-20-10-12-22-40(35)47-42-37(45)26-25-36-41(42)31-17-7-9-19-34(31)44(36)29-15-5-2-6-16-29/h1-27,31,34H. The Bertz CT molecular complexity index is 2250. The number of anilines is 5. The molecule has 6 aromatic rings. The second-order valence-corrected chi connectivity index (χ2v) is 13.5. The summed E-state index contributed by atoms with van der Waals surface area (Å²) in [5.74, 6) is 2.09. The topological polar surface area (TPSA) is 15.7 Å². The summed E-state index contributed by atoms with van der Waals surface area (Å²) < 4.78 is 6.69. The summed E-state index contributed by atoms with van der Waals surface area (Å²) >= 11 is 1.90. The smallest absolute Gasteiger partial charge is 0.250 e. The molecule has 0 aromatic heterocycles. The molecule has 0 saturated heterocycles. The Labute approximate surface area is 279 Å². The van der Waals surface area contributed by atoms with E-state index >= 15 is 0 Å². The molecule has 5 heteroatoms.